The van der Waals surface area contributed by atoms with Crippen molar-refractivity contribution in [2.75, 3.05) is 0 Å². The lowest BCUT2D eigenvalue weighted by Gasteiger charge is -2.06. The zero-order valence-electron chi connectivity index (χ0n) is 14.2. The SMILES string of the molecule is O=C(N/N=C\c1ccc(OCc2ccc(Cl)cc2)cc1)c1cccc(I)c1. The summed E-state index contributed by atoms with van der Waals surface area (Å²) in [6, 6.07) is 22.3. The predicted octanol–water partition coefficient (Wildman–Crippen LogP) is 5.29. The van der Waals surface area contributed by atoms with E-state index < -0.39 is 0 Å². The third-order valence-electron chi connectivity index (χ3n) is 3.67. The molecule has 0 aromatic heterocycles. The highest BCUT2D eigenvalue weighted by Gasteiger charge is 2.03. The van der Waals surface area contributed by atoms with E-state index in [-0.39, 0.29) is 5.91 Å². The number of benzene rings is 3. The molecular weight excluding hydrogens is 475 g/mol. The van der Waals surface area contributed by atoms with E-state index in [1.165, 1.54) is 0 Å². The number of hydrazone groups is 1. The summed E-state index contributed by atoms with van der Waals surface area (Å²) in [5, 5.41) is 4.70. The number of halogens is 2. The molecule has 1 amide bonds. The Morgan fingerprint density at radius 3 is 2.52 bits per heavy atom. The second kappa shape index (κ2) is 9.53. The Labute approximate surface area is 176 Å². The number of amides is 1. The van der Waals surface area contributed by atoms with Crippen LogP contribution in [0.15, 0.2) is 77.9 Å². The molecule has 4 nitrogen and oxygen atoms in total. The highest BCUT2D eigenvalue weighted by atomic mass is 127. The zero-order valence-corrected chi connectivity index (χ0v) is 17.1. The van der Waals surface area contributed by atoms with Gasteiger partial charge < -0.3 is 4.74 Å². The summed E-state index contributed by atoms with van der Waals surface area (Å²) in [4.78, 5) is 12.0. The molecule has 136 valence electrons. The number of ether oxygens (including phenoxy) is 1. The predicted molar refractivity (Wildman–Crippen MR) is 116 cm³/mol. The van der Waals surface area contributed by atoms with Gasteiger partial charge in [-0.25, -0.2) is 5.43 Å². The molecule has 0 aliphatic rings. The van der Waals surface area contributed by atoms with Gasteiger partial charge in [-0.3, -0.25) is 4.79 Å². The lowest BCUT2D eigenvalue weighted by molar-refractivity contribution is 0.0955. The van der Waals surface area contributed by atoms with E-state index in [0.717, 1.165) is 20.4 Å². The molecular formula is C21H16ClIN2O2. The number of carbonyl (C=O) groups excluding carboxylic acids is 1. The lowest BCUT2D eigenvalue weighted by atomic mass is 10.2. The summed E-state index contributed by atoms with van der Waals surface area (Å²) in [5.41, 5.74) is 5.00. The van der Waals surface area contributed by atoms with Gasteiger partial charge in [-0.05, 0) is 88.3 Å². The highest BCUT2D eigenvalue weighted by Crippen LogP contribution is 2.15. The number of rotatable bonds is 6. The first kappa shape index (κ1) is 19.4. The van der Waals surface area contributed by atoms with Gasteiger partial charge in [0, 0.05) is 14.2 Å². The molecule has 0 fully saturated rings. The molecule has 0 heterocycles. The largest absolute Gasteiger partial charge is 0.489 e. The summed E-state index contributed by atoms with van der Waals surface area (Å²) in [5.74, 6) is 0.512. The smallest absolute Gasteiger partial charge is 0.271 e. The van der Waals surface area contributed by atoms with E-state index >= 15 is 0 Å². The van der Waals surface area contributed by atoms with Gasteiger partial charge in [0.1, 0.15) is 12.4 Å². The van der Waals surface area contributed by atoms with E-state index in [9.17, 15) is 4.79 Å². The Kier molecular flexibility index (Phi) is 6.84. The van der Waals surface area contributed by atoms with Crippen molar-refractivity contribution >= 4 is 46.3 Å². The number of hydrogen-bond donors (Lipinski definition) is 1. The van der Waals surface area contributed by atoms with Crippen molar-refractivity contribution in [3.63, 3.8) is 0 Å². The fraction of sp³-hybridized carbons (Fsp3) is 0.0476. The highest BCUT2D eigenvalue weighted by molar-refractivity contribution is 14.1. The molecule has 27 heavy (non-hydrogen) atoms. The van der Waals surface area contributed by atoms with Crippen molar-refractivity contribution in [1.82, 2.24) is 5.43 Å². The molecule has 0 bridgehead atoms. The molecule has 0 radical (unpaired) electrons. The molecule has 0 spiro atoms. The lowest BCUT2D eigenvalue weighted by Crippen LogP contribution is -2.17. The summed E-state index contributed by atoms with van der Waals surface area (Å²) in [7, 11) is 0. The van der Waals surface area contributed by atoms with Crippen molar-refractivity contribution in [2.45, 2.75) is 6.61 Å². The Balaban J connectivity index is 1.51. The minimum atomic E-state index is -0.243. The molecule has 3 rings (SSSR count). The molecule has 0 unspecified atom stereocenters. The fourth-order valence-corrected chi connectivity index (χ4v) is 2.93. The standard InChI is InChI=1S/C21H16ClIN2O2/c22-18-8-4-16(5-9-18)14-27-20-10-6-15(7-11-20)13-24-25-21(26)17-2-1-3-19(23)12-17/h1-13H,14H2,(H,25,26)/b24-13-. The minimum absolute atomic E-state index is 0.243. The average molecular weight is 491 g/mol. The van der Waals surface area contributed by atoms with E-state index in [2.05, 4.69) is 33.1 Å². The first-order chi connectivity index (χ1) is 13.1. The summed E-state index contributed by atoms with van der Waals surface area (Å²) in [6.45, 7) is 0.469. The van der Waals surface area contributed by atoms with Gasteiger partial charge in [0.25, 0.3) is 5.91 Å². The zero-order chi connectivity index (χ0) is 19.1. The molecule has 6 heteroatoms. The van der Waals surface area contributed by atoms with Crippen molar-refractivity contribution in [2.24, 2.45) is 5.10 Å². The van der Waals surface area contributed by atoms with Crippen molar-refractivity contribution in [3.8, 4) is 5.75 Å². The van der Waals surface area contributed by atoms with Gasteiger partial charge >= 0.3 is 0 Å². The molecule has 0 atom stereocenters. The van der Waals surface area contributed by atoms with Crippen LogP contribution in [0.25, 0.3) is 0 Å². The third-order valence-corrected chi connectivity index (χ3v) is 4.59. The summed E-state index contributed by atoms with van der Waals surface area (Å²) < 4.78 is 6.74. The summed E-state index contributed by atoms with van der Waals surface area (Å²) in [6.07, 6.45) is 1.59. The van der Waals surface area contributed by atoms with Crippen LogP contribution in [0, 0.1) is 3.57 Å². The van der Waals surface area contributed by atoms with E-state index in [0.29, 0.717) is 17.2 Å². The van der Waals surface area contributed by atoms with Crippen molar-refractivity contribution in [3.05, 3.63) is 98.1 Å². The molecule has 3 aromatic rings. The topological polar surface area (TPSA) is 50.7 Å². The van der Waals surface area contributed by atoms with E-state index in [4.69, 9.17) is 16.3 Å². The number of nitrogens with zero attached hydrogens (tertiary/aromatic N) is 1. The van der Waals surface area contributed by atoms with Gasteiger partial charge in [0.05, 0.1) is 6.21 Å². The molecule has 1 N–H and O–H groups in total. The molecule has 0 saturated carbocycles. The van der Waals surface area contributed by atoms with Crippen LogP contribution in [0.5, 0.6) is 5.75 Å². The minimum Gasteiger partial charge on any atom is -0.489 e. The Morgan fingerprint density at radius 2 is 1.81 bits per heavy atom. The van der Waals surface area contributed by atoms with E-state index in [1.807, 2.05) is 60.7 Å². The van der Waals surface area contributed by atoms with Crippen LogP contribution in [-0.4, -0.2) is 12.1 Å². The van der Waals surface area contributed by atoms with Crippen LogP contribution in [-0.2, 0) is 6.61 Å². The van der Waals surface area contributed by atoms with Gasteiger partial charge in [-0.1, -0.05) is 29.8 Å². The quantitative estimate of drug-likeness (QED) is 0.290. The number of carbonyl (C=O) groups is 1. The molecule has 3 aromatic carbocycles. The van der Waals surface area contributed by atoms with Crippen LogP contribution in [0.3, 0.4) is 0 Å². The second-order valence-corrected chi connectivity index (χ2v) is 7.38. The number of hydrogen-bond acceptors (Lipinski definition) is 3. The molecule has 0 aliphatic carbocycles. The first-order valence-corrected chi connectivity index (χ1v) is 9.62. The fourth-order valence-electron chi connectivity index (χ4n) is 2.26. The average Bonchev–Trinajstić information content (AvgIpc) is 2.68. The van der Waals surface area contributed by atoms with Gasteiger partial charge in [0.15, 0.2) is 0 Å². The van der Waals surface area contributed by atoms with Crippen LogP contribution in [0.4, 0.5) is 0 Å². The van der Waals surface area contributed by atoms with Gasteiger partial charge in [-0.2, -0.15) is 5.10 Å². The third kappa shape index (κ3) is 6.08. The molecule has 0 aliphatic heterocycles. The maximum atomic E-state index is 12.0. The van der Waals surface area contributed by atoms with Crippen LogP contribution in [0.1, 0.15) is 21.5 Å². The molecule has 0 saturated heterocycles. The monoisotopic (exact) mass is 490 g/mol. The Hall–Kier alpha value is -2.38. The first-order valence-electron chi connectivity index (χ1n) is 8.16. The summed E-state index contributed by atoms with van der Waals surface area (Å²) >= 11 is 8.03. The second-order valence-electron chi connectivity index (χ2n) is 5.69. The maximum absolute atomic E-state index is 12.0. The van der Waals surface area contributed by atoms with Crippen LogP contribution >= 0.6 is 34.2 Å². The normalized spacial score (nSPS) is 10.7. The van der Waals surface area contributed by atoms with Gasteiger partial charge in [-0.15, -0.1) is 0 Å². The van der Waals surface area contributed by atoms with Crippen LogP contribution < -0.4 is 10.2 Å². The maximum Gasteiger partial charge on any atom is 0.271 e. The van der Waals surface area contributed by atoms with Crippen molar-refractivity contribution < 1.29 is 9.53 Å². The Bertz CT molecular complexity index is 941. The van der Waals surface area contributed by atoms with Crippen molar-refractivity contribution in [1.29, 1.82) is 0 Å². The van der Waals surface area contributed by atoms with E-state index in [1.54, 1.807) is 18.3 Å². The number of nitrogens with one attached hydrogen (secondary N) is 1. The Morgan fingerprint density at radius 1 is 1.07 bits per heavy atom. The van der Waals surface area contributed by atoms with Crippen LogP contribution in [0.2, 0.25) is 5.02 Å². The van der Waals surface area contributed by atoms with Gasteiger partial charge in [0.2, 0.25) is 0 Å².